The molecule has 0 saturated heterocycles. The molecule has 0 fully saturated rings. The number of hydrogen-bond donors (Lipinski definition) is 3. The van der Waals surface area contributed by atoms with E-state index in [1.54, 1.807) is 19.2 Å². The van der Waals surface area contributed by atoms with Gasteiger partial charge in [0.2, 0.25) is 5.90 Å². The van der Waals surface area contributed by atoms with Gasteiger partial charge in [-0.15, -0.1) is 0 Å². The smallest absolute Gasteiger partial charge is 0.266 e. The number of aliphatic hydroxyl groups excluding tert-OH is 1. The van der Waals surface area contributed by atoms with Gasteiger partial charge < -0.3 is 19.3 Å². The van der Waals surface area contributed by atoms with Crippen molar-refractivity contribution in [1.29, 1.82) is 0 Å². The summed E-state index contributed by atoms with van der Waals surface area (Å²) >= 11 is 3.65. The Hall–Kier alpha value is -4.25. The van der Waals surface area contributed by atoms with E-state index in [9.17, 15) is 9.18 Å². The van der Waals surface area contributed by atoms with Gasteiger partial charge in [0.15, 0.2) is 11.6 Å². The summed E-state index contributed by atoms with van der Waals surface area (Å²) in [6.07, 6.45) is 0.543. The van der Waals surface area contributed by atoms with Gasteiger partial charge in [-0.2, -0.15) is 0 Å². The van der Waals surface area contributed by atoms with E-state index >= 15 is 0 Å². The van der Waals surface area contributed by atoms with E-state index < -0.39 is 11.6 Å². The Bertz CT molecular complexity index is 1620. The van der Waals surface area contributed by atoms with Gasteiger partial charge in [-0.25, -0.2) is 14.8 Å². The molecule has 2 atom stereocenters. The number of hydrazine groups is 1. The van der Waals surface area contributed by atoms with Crippen LogP contribution in [0.5, 0.6) is 11.5 Å². The average molecular weight is 677 g/mol. The van der Waals surface area contributed by atoms with Crippen LogP contribution < -0.4 is 20.3 Å². The zero-order valence-corrected chi connectivity index (χ0v) is 26.4. The van der Waals surface area contributed by atoms with Crippen LogP contribution in [-0.4, -0.2) is 49.3 Å². The van der Waals surface area contributed by atoms with Crippen molar-refractivity contribution in [2.24, 2.45) is 4.99 Å². The number of nitrogens with one attached hydrogen (secondary N) is 2. The number of nitrogens with zero attached hydrogens (tertiary/aromatic N) is 1. The normalized spacial score (nSPS) is 17.3. The van der Waals surface area contributed by atoms with Crippen molar-refractivity contribution in [2.45, 2.75) is 30.9 Å². The highest BCUT2D eigenvalue weighted by Crippen LogP contribution is 2.44. The van der Waals surface area contributed by atoms with Crippen molar-refractivity contribution in [2.75, 3.05) is 26.9 Å². The molecule has 4 aromatic rings. The van der Waals surface area contributed by atoms with Crippen molar-refractivity contribution in [1.82, 2.24) is 10.9 Å². The number of aliphatic hydroxyl groups is 1. The molecule has 10 heteroatoms. The van der Waals surface area contributed by atoms with Crippen LogP contribution in [-0.2, 0) is 22.4 Å². The lowest BCUT2D eigenvalue weighted by molar-refractivity contribution is -0.130. The number of ether oxygens (including phenoxy) is 3. The standard InChI is InChI=1S/C35H35BrFN3O5/c1-43-30-8-4-7-26(22-30)32-35(23-27-6-2-3-9-31(27)36,34(42)40-38-19-18-24-10-14-28(37)15-11-24)39-33(45-32)25-12-16-29(17-13-25)44-21-5-20-41/h2-4,6-17,22,32,38,41H,5,18-21,23H2,1H3,(H,40,42)/t32-,35-/m0/s1. The molecule has 0 aromatic heterocycles. The molecule has 45 heavy (non-hydrogen) atoms. The summed E-state index contributed by atoms with van der Waals surface area (Å²) in [6.45, 7) is 0.868. The lowest BCUT2D eigenvalue weighted by atomic mass is 9.82. The minimum Gasteiger partial charge on any atom is -0.497 e. The van der Waals surface area contributed by atoms with E-state index in [-0.39, 0.29) is 24.8 Å². The molecule has 0 aliphatic carbocycles. The number of benzene rings is 4. The summed E-state index contributed by atoms with van der Waals surface area (Å²) in [6, 6.07) is 28.7. The predicted octanol–water partition coefficient (Wildman–Crippen LogP) is 5.72. The molecule has 0 bridgehead atoms. The van der Waals surface area contributed by atoms with Crippen molar-refractivity contribution in [3.05, 3.63) is 130 Å². The van der Waals surface area contributed by atoms with Gasteiger partial charge in [-0.3, -0.25) is 10.2 Å². The lowest BCUT2D eigenvalue weighted by Gasteiger charge is -2.31. The summed E-state index contributed by atoms with van der Waals surface area (Å²) in [5.41, 5.74) is 7.75. The second-order valence-electron chi connectivity index (χ2n) is 10.6. The Morgan fingerprint density at radius 3 is 2.53 bits per heavy atom. The Kier molecular flexibility index (Phi) is 10.8. The first-order chi connectivity index (χ1) is 21.9. The number of methoxy groups -OCH3 is 1. The Morgan fingerprint density at radius 2 is 1.80 bits per heavy atom. The number of halogens is 2. The fourth-order valence-electron chi connectivity index (χ4n) is 5.13. The average Bonchev–Trinajstić information content (AvgIpc) is 3.46. The van der Waals surface area contributed by atoms with Gasteiger partial charge in [0.25, 0.3) is 5.91 Å². The molecule has 0 unspecified atom stereocenters. The molecule has 1 aliphatic heterocycles. The summed E-state index contributed by atoms with van der Waals surface area (Å²) in [4.78, 5) is 19.4. The van der Waals surface area contributed by atoms with Crippen LogP contribution in [0.2, 0.25) is 0 Å². The van der Waals surface area contributed by atoms with Gasteiger partial charge in [-0.05, 0) is 77.7 Å². The van der Waals surface area contributed by atoms with Crippen molar-refractivity contribution in [3.8, 4) is 11.5 Å². The zero-order valence-electron chi connectivity index (χ0n) is 24.8. The first kappa shape index (κ1) is 32.2. The van der Waals surface area contributed by atoms with Crippen LogP contribution in [0.3, 0.4) is 0 Å². The van der Waals surface area contributed by atoms with E-state index in [0.717, 1.165) is 21.2 Å². The van der Waals surface area contributed by atoms with Gasteiger partial charge in [0, 0.05) is 36.0 Å². The Labute approximate surface area is 270 Å². The van der Waals surface area contributed by atoms with E-state index in [1.165, 1.54) is 12.1 Å². The first-order valence-electron chi connectivity index (χ1n) is 14.7. The highest BCUT2D eigenvalue weighted by Gasteiger charge is 2.53. The number of aliphatic imine (C=N–C) groups is 1. The summed E-state index contributed by atoms with van der Waals surface area (Å²) in [5.74, 6) is 0.929. The quantitative estimate of drug-likeness (QED) is 0.117. The van der Waals surface area contributed by atoms with Gasteiger partial charge >= 0.3 is 0 Å². The summed E-state index contributed by atoms with van der Waals surface area (Å²) in [7, 11) is 1.59. The van der Waals surface area contributed by atoms with Crippen LogP contribution in [0.4, 0.5) is 4.39 Å². The third-order valence-electron chi connectivity index (χ3n) is 7.50. The van der Waals surface area contributed by atoms with Crippen LogP contribution in [0.1, 0.15) is 34.8 Å². The van der Waals surface area contributed by atoms with Gasteiger partial charge in [0.05, 0.1) is 13.7 Å². The molecule has 234 valence electrons. The fourth-order valence-corrected chi connectivity index (χ4v) is 5.55. The fraction of sp³-hybridized carbons (Fsp3) is 0.257. The SMILES string of the molecule is COc1cccc([C@@H]2OC(c3ccc(OCCCO)cc3)=N[C@]2(Cc2ccccc2Br)C(=O)NNCCc2ccc(F)cc2)c1. The number of amides is 1. The maximum atomic E-state index is 14.4. The Balaban J connectivity index is 1.49. The number of hydrogen-bond acceptors (Lipinski definition) is 7. The minimum atomic E-state index is -1.41. The van der Waals surface area contributed by atoms with Crippen LogP contribution in [0.25, 0.3) is 0 Å². The number of carbonyl (C=O) groups excluding carboxylic acids is 1. The molecule has 0 spiro atoms. The molecule has 1 amide bonds. The molecular weight excluding hydrogens is 641 g/mol. The second-order valence-corrected chi connectivity index (χ2v) is 11.4. The van der Waals surface area contributed by atoms with Crippen LogP contribution >= 0.6 is 15.9 Å². The van der Waals surface area contributed by atoms with Crippen LogP contribution in [0, 0.1) is 5.82 Å². The number of rotatable bonds is 14. The van der Waals surface area contributed by atoms with Crippen molar-refractivity contribution in [3.63, 3.8) is 0 Å². The van der Waals surface area contributed by atoms with E-state index in [4.69, 9.17) is 24.3 Å². The molecule has 8 nitrogen and oxygen atoms in total. The zero-order chi connectivity index (χ0) is 31.6. The maximum absolute atomic E-state index is 14.4. The van der Waals surface area contributed by atoms with Crippen molar-refractivity contribution >= 4 is 27.7 Å². The topological polar surface area (TPSA) is 101 Å². The lowest BCUT2D eigenvalue weighted by Crippen LogP contribution is -2.54. The maximum Gasteiger partial charge on any atom is 0.266 e. The monoisotopic (exact) mass is 675 g/mol. The summed E-state index contributed by atoms with van der Waals surface area (Å²) < 4.78 is 32.0. The summed E-state index contributed by atoms with van der Waals surface area (Å²) in [5, 5.41) is 9.06. The largest absolute Gasteiger partial charge is 0.497 e. The second kappa shape index (κ2) is 15.2. The molecular formula is C35H35BrFN3O5. The highest BCUT2D eigenvalue weighted by molar-refractivity contribution is 9.10. The third kappa shape index (κ3) is 7.89. The minimum absolute atomic E-state index is 0.0527. The molecule has 1 heterocycles. The van der Waals surface area contributed by atoms with E-state index in [0.29, 0.717) is 49.0 Å². The van der Waals surface area contributed by atoms with Crippen LogP contribution in [0.15, 0.2) is 107 Å². The van der Waals surface area contributed by atoms with Gasteiger partial charge in [0.1, 0.15) is 17.3 Å². The highest BCUT2D eigenvalue weighted by atomic mass is 79.9. The molecule has 0 saturated carbocycles. The third-order valence-corrected chi connectivity index (χ3v) is 8.27. The van der Waals surface area contributed by atoms with Crippen molar-refractivity contribution < 1.29 is 28.5 Å². The molecule has 4 aromatic carbocycles. The van der Waals surface area contributed by atoms with E-state index in [2.05, 4.69) is 26.8 Å². The molecule has 3 N–H and O–H groups in total. The van der Waals surface area contributed by atoms with Gasteiger partial charge in [-0.1, -0.05) is 58.4 Å². The molecule has 1 aliphatic rings. The molecule has 0 radical (unpaired) electrons. The molecule has 5 rings (SSSR count). The van der Waals surface area contributed by atoms with E-state index in [1.807, 2.05) is 72.8 Å². The first-order valence-corrected chi connectivity index (χ1v) is 15.5. The predicted molar refractivity (Wildman–Crippen MR) is 174 cm³/mol. The Morgan fingerprint density at radius 1 is 1.02 bits per heavy atom. The number of carbonyl (C=O) groups is 1.